The molecule has 0 bridgehead atoms. The van der Waals surface area contributed by atoms with E-state index in [2.05, 4.69) is 0 Å². The predicted octanol–water partition coefficient (Wildman–Crippen LogP) is 2.81. The average molecular weight is 236 g/mol. The average Bonchev–Trinajstić information content (AvgIpc) is 2.69. The number of ketones is 1. The van der Waals surface area contributed by atoms with Crippen molar-refractivity contribution >= 4 is 5.78 Å². The molecule has 0 spiro atoms. The number of carbonyl (C=O) groups is 1. The van der Waals surface area contributed by atoms with Crippen LogP contribution in [0.4, 0.5) is 4.39 Å². The fourth-order valence-corrected chi connectivity index (χ4v) is 2.20. The highest BCUT2D eigenvalue weighted by Gasteiger charge is 2.28. The normalized spacial score (nSPS) is 23.9. The summed E-state index contributed by atoms with van der Waals surface area (Å²) in [6.45, 7) is 3.81. The molecule has 2 unspecified atom stereocenters. The molecule has 1 saturated heterocycles. The molecule has 2 atom stereocenters. The molecule has 0 amide bonds. The van der Waals surface area contributed by atoms with Gasteiger partial charge in [-0.15, -0.1) is 0 Å². The van der Waals surface area contributed by atoms with Crippen LogP contribution in [0.15, 0.2) is 18.2 Å². The van der Waals surface area contributed by atoms with E-state index in [4.69, 9.17) is 4.74 Å². The van der Waals surface area contributed by atoms with Crippen LogP contribution in [0.1, 0.15) is 30.9 Å². The van der Waals surface area contributed by atoms with Crippen LogP contribution in [-0.2, 0) is 16.0 Å². The lowest BCUT2D eigenvalue weighted by molar-refractivity contribution is -0.128. The Kier molecular flexibility index (Phi) is 3.57. The first-order valence-electron chi connectivity index (χ1n) is 5.99. The SMILES string of the molecule is Cc1cc(F)ccc1CC(=O)C1CCC(C)O1. The van der Waals surface area contributed by atoms with E-state index in [1.54, 1.807) is 6.07 Å². The molecular formula is C14H17FO2. The molecule has 0 saturated carbocycles. The highest BCUT2D eigenvalue weighted by atomic mass is 19.1. The maximum Gasteiger partial charge on any atom is 0.165 e. The third-order valence-corrected chi connectivity index (χ3v) is 3.26. The van der Waals surface area contributed by atoms with E-state index in [0.29, 0.717) is 6.42 Å². The summed E-state index contributed by atoms with van der Waals surface area (Å²) < 4.78 is 18.5. The number of benzene rings is 1. The topological polar surface area (TPSA) is 26.3 Å². The lowest BCUT2D eigenvalue weighted by Crippen LogP contribution is -2.22. The molecule has 1 aliphatic rings. The number of ether oxygens (including phenoxy) is 1. The van der Waals surface area contributed by atoms with Crippen LogP contribution >= 0.6 is 0 Å². The summed E-state index contributed by atoms with van der Waals surface area (Å²) >= 11 is 0. The molecule has 1 aromatic carbocycles. The van der Waals surface area contributed by atoms with Crippen LogP contribution in [0.3, 0.4) is 0 Å². The number of hydrogen-bond acceptors (Lipinski definition) is 2. The Morgan fingerprint density at radius 2 is 2.24 bits per heavy atom. The maximum atomic E-state index is 12.9. The first-order valence-corrected chi connectivity index (χ1v) is 5.99. The van der Waals surface area contributed by atoms with Crippen LogP contribution < -0.4 is 0 Å². The summed E-state index contributed by atoms with van der Waals surface area (Å²) in [6.07, 6.45) is 2.00. The van der Waals surface area contributed by atoms with E-state index >= 15 is 0 Å². The molecule has 0 radical (unpaired) electrons. The minimum atomic E-state index is -0.269. The lowest BCUT2D eigenvalue weighted by Gasteiger charge is -2.11. The van der Waals surface area contributed by atoms with Gasteiger partial charge in [-0.25, -0.2) is 4.39 Å². The minimum absolute atomic E-state index is 0.101. The second kappa shape index (κ2) is 4.96. The van der Waals surface area contributed by atoms with E-state index in [-0.39, 0.29) is 23.8 Å². The van der Waals surface area contributed by atoms with Gasteiger partial charge in [-0.3, -0.25) is 4.79 Å². The summed E-state index contributed by atoms with van der Waals surface area (Å²) in [5, 5.41) is 0. The fourth-order valence-electron chi connectivity index (χ4n) is 2.20. The Bertz CT molecular complexity index is 428. The van der Waals surface area contributed by atoms with E-state index in [9.17, 15) is 9.18 Å². The molecule has 0 aliphatic carbocycles. The van der Waals surface area contributed by atoms with Crippen molar-refractivity contribution in [3.8, 4) is 0 Å². The van der Waals surface area contributed by atoms with Crippen molar-refractivity contribution in [3.05, 3.63) is 35.1 Å². The lowest BCUT2D eigenvalue weighted by atomic mass is 10.00. The second-order valence-electron chi connectivity index (χ2n) is 4.73. The van der Waals surface area contributed by atoms with Gasteiger partial charge in [-0.1, -0.05) is 6.07 Å². The minimum Gasteiger partial charge on any atom is -0.367 e. The molecule has 1 fully saturated rings. The molecule has 0 aromatic heterocycles. The van der Waals surface area contributed by atoms with Crippen LogP contribution in [0.2, 0.25) is 0 Å². The monoisotopic (exact) mass is 236 g/mol. The van der Waals surface area contributed by atoms with Gasteiger partial charge in [-0.2, -0.15) is 0 Å². The fraction of sp³-hybridized carbons (Fsp3) is 0.500. The van der Waals surface area contributed by atoms with Gasteiger partial charge < -0.3 is 4.74 Å². The van der Waals surface area contributed by atoms with E-state index in [1.807, 2.05) is 13.8 Å². The van der Waals surface area contributed by atoms with Crippen LogP contribution in [-0.4, -0.2) is 18.0 Å². The number of rotatable bonds is 3. The summed E-state index contributed by atoms with van der Waals surface area (Å²) in [5.41, 5.74) is 1.71. The van der Waals surface area contributed by atoms with Crippen LogP contribution in [0.25, 0.3) is 0 Å². The molecule has 0 N–H and O–H groups in total. The second-order valence-corrected chi connectivity index (χ2v) is 4.73. The zero-order chi connectivity index (χ0) is 12.4. The number of carbonyl (C=O) groups excluding carboxylic acids is 1. The largest absolute Gasteiger partial charge is 0.367 e. The maximum absolute atomic E-state index is 12.9. The van der Waals surface area contributed by atoms with Gasteiger partial charge >= 0.3 is 0 Å². The molecule has 2 rings (SSSR count). The highest BCUT2D eigenvalue weighted by molar-refractivity contribution is 5.85. The Morgan fingerprint density at radius 1 is 1.47 bits per heavy atom. The van der Waals surface area contributed by atoms with Crippen molar-refractivity contribution in [1.29, 1.82) is 0 Å². The summed E-state index contributed by atoms with van der Waals surface area (Å²) in [6, 6.07) is 4.54. The molecule has 1 aliphatic heterocycles. The van der Waals surface area contributed by atoms with Gasteiger partial charge in [0.1, 0.15) is 11.9 Å². The van der Waals surface area contributed by atoms with Crippen LogP contribution in [0.5, 0.6) is 0 Å². The van der Waals surface area contributed by atoms with Crippen molar-refractivity contribution < 1.29 is 13.9 Å². The van der Waals surface area contributed by atoms with Crippen molar-refractivity contribution in [2.45, 2.75) is 45.3 Å². The molecule has 17 heavy (non-hydrogen) atoms. The number of hydrogen-bond donors (Lipinski definition) is 0. The number of halogens is 1. The van der Waals surface area contributed by atoms with Crippen molar-refractivity contribution in [2.24, 2.45) is 0 Å². The Labute approximate surface area is 101 Å². The molecule has 1 aromatic rings. The Balaban J connectivity index is 2.03. The van der Waals surface area contributed by atoms with Crippen molar-refractivity contribution in [2.75, 3.05) is 0 Å². The van der Waals surface area contributed by atoms with Gasteiger partial charge in [-0.05, 0) is 49.9 Å². The van der Waals surface area contributed by atoms with Gasteiger partial charge in [0.15, 0.2) is 5.78 Å². The third kappa shape index (κ3) is 2.91. The quantitative estimate of drug-likeness (QED) is 0.806. The Morgan fingerprint density at radius 3 is 2.82 bits per heavy atom. The van der Waals surface area contributed by atoms with Crippen molar-refractivity contribution in [1.82, 2.24) is 0 Å². The number of aryl methyl sites for hydroxylation is 1. The molecular weight excluding hydrogens is 219 g/mol. The summed E-state index contributed by atoms with van der Waals surface area (Å²) in [7, 11) is 0. The zero-order valence-electron chi connectivity index (χ0n) is 10.2. The highest BCUT2D eigenvalue weighted by Crippen LogP contribution is 2.21. The molecule has 3 heteroatoms. The zero-order valence-corrected chi connectivity index (χ0v) is 10.2. The summed E-state index contributed by atoms with van der Waals surface area (Å²) in [4.78, 5) is 12.0. The van der Waals surface area contributed by atoms with Gasteiger partial charge in [0.2, 0.25) is 0 Å². The summed E-state index contributed by atoms with van der Waals surface area (Å²) in [5.74, 6) is -0.159. The van der Waals surface area contributed by atoms with Gasteiger partial charge in [0, 0.05) is 6.42 Å². The van der Waals surface area contributed by atoms with Crippen LogP contribution in [0, 0.1) is 12.7 Å². The molecule has 1 heterocycles. The first-order chi connectivity index (χ1) is 8.06. The van der Waals surface area contributed by atoms with Gasteiger partial charge in [0.05, 0.1) is 6.10 Å². The van der Waals surface area contributed by atoms with E-state index < -0.39 is 0 Å². The Hall–Kier alpha value is -1.22. The standard InChI is InChI=1S/C14H17FO2/c1-9-7-12(15)5-4-11(9)8-13(16)14-6-3-10(2)17-14/h4-5,7,10,14H,3,6,8H2,1-2H3. The smallest absolute Gasteiger partial charge is 0.165 e. The predicted molar refractivity (Wildman–Crippen MR) is 63.4 cm³/mol. The van der Waals surface area contributed by atoms with Gasteiger partial charge in [0.25, 0.3) is 0 Å². The molecule has 92 valence electrons. The van der Waals surface area contributed by atoms with Crippen molar-refractivity contribution in [3.63, 3.8) is 0 Å². The van der Waals surface area contributed by atoms with E-state index in [1.165, 1.54) is 12.1 Å². The van der Waals surface area contributed by atoms with E-state index in [0.717, 1.165) is 24.0 Å². The molecule has 2 nitrogen and oxygen atoms in total. The third-order valence-electron chi connectivity index (χ3n) is 3.26. The first kappa shape index (κ1) is 12.2. The number of Topliss-reactive ketones (excluding diaryl/α,β-unsaturated/α-hetero) is 1.